The fourth-order valence-electron chi connectivity index (χ4n) is 1.27. The van der Waals surface area contributed by atoms with Crippen molar-refractivity contribution in [3.63, 3.8) is 0 Å². The minimum atomic E-state index is -0.407. The number of halogens is 2. The van der Waals surface area contributed by atoms with Crippen molar-refractivity contribution in [2.45, 2.75) is 39.3 Å². The molecule has 0 fully saturated rings. The molecule has 0 saturated heterocycles. The number of nitrogens with zero attached hydrogens (tertiary/aromatic N) is 1. The lowest BCUT2D eigenvalue weighted by molar-refractivity contribution is -0.122. The molecular weight excluding hydrogens is 318 g/mol. The number of hydrogen-bond acceptors (Lipinski definition) is 3. The second-order valence-corrected chi connectivity index (χ2v) is 6.41. The molecule has 18 heavy (non-hydrogen) atoms. The lowest BCUT2D eigenvalue weighted by atomic mass is 10.1. The van der Waals surface area contributed by atoms with Crippen LogP contribution in [-0.4, -0.2) is 22.5 Å². The summed E-state index contributed by atoms with van der Waals surface area (Å²) >= 11 is 9.30. The van der Waals surface area contributed by atoms with Crippen molar-refractivity contribution >= 4 is 39.3 Å². The van der Waals surface area contributed by atoms with Gasteiger partial charge in [-0.1, -0.05) is 11.6 Å². The average Bonchev–Trinajstić information content (AvgIpc) is 2.19. The van der Waals surface area contributed by atoms with Crippen LogP contribution < -0.4 is 10.6 Å². The van der Waals surface area contributed by atoms with E-state index in [1.165, 1.54) is 0 Å². The first-order valence-electron chi connectivity index (χ1n) is 5.58. The number of rotatable bonds is 3. The van der Waals surface area contributed by atoms with Crippen LogP contribution in [0.5, 0.6) is 0 Å². The van der Waals surface area contributed by atoms with E-state index in [1.807, 2.05) is 20.8 Å². The first-order chi connectivity index (χ1) is 8.19. The van der Waals surface area contributed by atoms with E-state index in [2.05, 4.69) is 31.5 Å². The quantitative estimate of drug-likeness (QED) is 0.892. The maximum atomic E-state index is 11.9. The topological polar surface area (TPSA) is 54.0 Å². The highest BCUT2D eigenvalue weighted by molar-refractivity contribution is 9.10. The lowest BCUT2D eigenvalue weighted by Gasteiger charge is -2.24. The molecule has 0 bridgehead atoms. The third kappa shape index (κ3) is 4.82. The molecular formula is C12H17BrClN3O. The van der Waals surface area contributed by atoms with Gasteiger partial charge < -0.3 is 10.6 Å². The molecule has 0 spiro atoms. The van der Waals surface area contributed by atoms with Gasteiger partial charge >= 0.3 is 0 Å². The molecule has 1 aromatic rings. The maximum Gasteiger partial charge on any atom is 0.242 e. The molecule has 0 aliphatic rings. The molecule has 4 nitrogen and oxygen atoms in total. The van der Waals surface area contributed by atoms with E-state index in [1.54, 1.807) is 19.2 Å². The number of anilines is 1. The number of aromatic nitrogens is 1. The molecule has 0 radical (unpaired) electrons. The van der Waals surface area contributed by atoms with Gasteiger partial charge in [0, 0.05) is 16.2 Å². The van der Waals surface area contributed by atoms with Crippen LogP contribution in [0.25, 0.3) is 0 Å². The Hall–Kier alpha value is -0.810. The van der Waals surface area contributed by atoms with Crippen molar-refractivity contribution in [1.29, 1.82) is 0 Å². The number of carbonyl (C=O) groups excluding carboxylic acids is 1. The molecule has 0 aliphatic carbocycles. The van der Waals surface area contributed by atoms with E-state index in [-0.39, 0.29) is 11.4 Å². The van der Waals surface area contributed by atoms with E-state index >= 15 is 0 Å². The monoisotopic (exact) mass is 333 g/mol. The SMILES string of the molecule is CC(Nc1ncc(Br)cc1Cl)C(=O)NC(C)(C)C. The molecule has 0 saturated carbocycles. The number of hydrogen-bond donors (Lipinski definition) is 2. The first-order valence-corrected chi connectivity index (χ1v) is 6.76. The fourth-order valence-corrected chi connectivity index (χ4v) is 1.95. The van der Waals surface area contributed by atoms with E-state index in [0.717, 1.165) is 4.47 Å². The van der Waals surface area contributed by atoms with Gasteiger partial charge in [-0.05, 0) is 49.7 Å². The van der Waals surface area contributed by atoms with Gasteiger partial charge in [0.2, 0.25) is 5.91 Å². The second kappa shape index (κ2) is 5.89. The van der Waals surface area contributed by atoms with Crippen LogP contribution in [0, 0.1) is 0 Å². The zero-order valence-electron chi connectivity index (χ0n) is 10.8. The number of pyridine rings is 1. The molecule has 6 heteroatoms. The standard InChI is InChI=1S/C12H17BrClN3O/c1-7(11(18)17-12(2,3)4)16-10-9(14)5-8(13)6-15-10/h5-7H,1-4H3,(H,15,16)(H,17,18). The average molecular weight is 335 g/mol. The number of amides is 1. The van der Waals surface area contributed by atoms with Gasteiger partial charge in [-0.3, -0.25) is 4.79 Å². The molecule has 0 aromatic carbocycles. The van der Waals surface area contributed by atoms with Crippen molar-refractivity contribution < 1.29 is 4.79 Å². The summed E-state index contributed by atoms with van der Waals surface area (Å²) in [6, 6.07) is 1.32. The van der Waals surface area contributed by atoms with Gasteiger partial charge in [0.1, 0.15) is 11.9 Å². The summed E-state index contributed by atoms with van der Waals surface area (Å²) < 4.78 is 0.796. The Labute approximate surface area is 121 Å². The summed E-state index contributed by atoms with van der Waals surface area (Å²) in [4.78, 5) is 16.0. The van der Waals surface area contributed by atoms with Crippen LogP contribution in [0.2, 0.25) is 5.02 Å². The third-order valence-corrected chi connectivity index (χ3v) is 2.77. The van der Waals surface area contributed by atoms with E-state index in [4.69, 9.17) is 11.6 Å². The zero-order chi connectivity index (χ0) is 13.9. The molecule has 1 unspecified atom stereocenters. The molecule has 100 valence electrons. The van der Waals surface area contributed by atoms with Gasteiger partial charge in [-0.2, -0.15) is 0 Å². The van der Waals surface area contributed by atoms with Crippen molar-refractivity contribution in [3.05, 3.63) is 21.8 Å². The van der Waals surface area contributed by atoms with Crippen molar-refractivity contribution in [2.24, 2.45) is 0 Å². The summed E-state index contributed by atoms with van der Waals surface area (Å²) in [5.41, 5.74) is -0.260. The van der Waals surface area contributed by atoms with Crippen LogP contribution in [0.15, 0.2) is 16.7 Å². The minimum Gasteiger partial charge on any atom is -0.357 e. The van der Waals surface area contributed by atoms with Crippen LogP contribution in [0.3, 0.4) is 0 Å². The summed E-state index contributed by atoms with van der Waals surface area (Å²) in [5.74, 6) is 0.403. The molecule has 2 N–H and O–H groups in total. The Morgan fingerprint density at radius 2 is 2.11 bits per heavy atom. The van der Waals surface area contributed by atoms with Crippen LogP contribution in [0.4, 0.5) is 5.82 Å². The lowest BCUT2D eigenvalue weighted by Crippen LogP contribution is -2.47. The molecule has 1 amide bonds. The third-order valence-electron chi connectivity index (χ3n) is 2.05. The summed E-state index contributed by atoms with van der Waals surface area (Å²) in [6.45, 7) is 7.56. The van der Waals surface area contributed by atoms with Gasteiger partial charge in [-0.25, -0.2) is 4.98 Å². The van der Waals surface area contributed by atoms with Gasteiger partial charge in [0.15, 0.2) is 0 Å². The van der Waals surface area contributed by atoms with Crippen LogP contribution >= 0.6 is 27.5 Å². The van der Waals surface area contributed by atoms with Crippen LogP contribution in [0.1, 0.15) is 27.7 Å². The highest BCUT2D eigenvalue weighted by atomic mass is 79.9. The Kier molecular flexibility index (Phi) is 4.99. The summed E-state index contributed by atoms with van der Waals surface area (Å²) in [7, 11) is 0. The normalized spacial score (nSPS) is 13.0. The highest BCUT2D eigenvalue weighted by Gasteiger charge is 2.20. The molecule has 0 aliphatic heterocycles. The van der Waals surface area contributed by atoms with Gasteiger partial charge in [-0.15, -0.1) is 0 Å². The Balaban J connectivity index is 2.69. The largest absolute Gasteiger partial charge is 0.357 e. The van der Waals surface area contributed by atoms with E-state index in [9.17, 15) is 4.79 Å². The molecule has 1 aromatic heterocycles. The Morgan fingerprint density at radius 1 is 1.50 bits per heavy atom. The fraction of sp³-hybridized carbons (Fsp3) is 0.500. The Bertz CT molecular complexity index is 445. The van der Waals surface area contributed by atoms with Crippen molar-refractivity contribution in [1.82, 2.24) is 10.3 Å². The van der Waals surface area contributed by atoms with Gasteiger partial charge in [0.25, 0.3) is 0 Å². The molecule has 1 rings (SSSR count). The van der Waals surface area contributed by atoms with Crippen molar-refractivity contribution in [3.8, 4) is 0 Å². The summed E-state index contributed by atoms with van der Waals surface area (Å²) in [5, 5.41) is 6.34. The summed E-state index contributed by atoms with van der Waals surface area (Å²) in [6.07, 6.45) is 1.63. The van der Waals surface area contributed by atoms with E-state index in [0.29, 0.717) is 10.8 Å². The van der Waals surface area contributed by atoms with Gasteiger partial charge in [0.05, 0.1) is 5.02 Å². The van der Waals surface area contributed by atoms with Crippen LogP contribution in [-0.2, 0) is 4.79 Å². The Morgan fingerprint density at radius 3 is 2.61 bits per heavy atom. The highest BCUT2D eigenvalue weighted by Crippen LogP contribution is 2.23. The van der Waals surface area contributed by atoms with E-state index < -0.39 is 6.04 Å². The maximum absolute atomic E-state index is 11.9. The smallest absolute Gasteiger partial charge is 0.242 e. The second-order valence-electron chi connectivity index (χ2n) is 5.09. The number of nitrogens with one attached hydrogen (secondary N) is 2. The van der Waals surface area contributed by atoms with Crippen molar-refractivity contribution in [2.75, 3.05) is 5.32 Å². The predicted octanol–water partition coefficient (Wildman–Crippen LogP) is 3.21. The zero-order valence-corrected chi connectivity index (χ0v) is 13.2. The predicted molar refractivity (Wildman–Crippen MR) is 77.9 cm³/mol. The molecule has 1 atom stereocenters. The minimum absolute atomic E-state index is 0.0942. The first kappa shape index (κ1) is 15.2. The molecule has 1 heterocycles. The number of carbonyl (C=O) groups is 1.